The average molecular weight is 333 g/mol. The molecular weight excluding hydrogens is 318 g/mol. The lowest BCUT2D eigenvalue weighted by molar-refractivity contribution is -0.116. The molecule has 0 fully saturated rings. The molecule has 2 N–H and O–H groups in total. The van der Waals surface area contributed by atoms with Crippen LogP contribution >= 0.6 is 11.3 Å². The summed E-state index contributed by atoms with van der Waals surface area (Å²) < 4.78 is 4.54. The van der Waals surface area contributed by atoms with Gasteiger partial charge in [0.15, 0.2) is 5.78 Å². The van der Waals surface area contributed by atoms with E-state index in [-0.39, 0.29) is 35.6 Å². The van der Waals surface area contributed by atoms with Crippen molar-refractivity contribution >= 4 is 34.7 Å². The molecule has 2 rings (SSSR count). The number of phenols is 1. The van der Waals surface area contributed by atoms with E-state index in [0.717, 1.165) is 0 Å². The van der Waals surface area contributed by atoms with Crippen LogP contribution in [-0.2, 0) is 9.53 Å². The highest BCUT2D eigenvalue weighted by Crippen LogP contribution is 2.25. The summed E-state index contributed by atoms with van der Waals surface area (Å²) in [7, 11) is 1.24. The number of rotatable bonds is 6. The molecule has 6 nitrogen and oxygen atoms in total. The van der Waals surface area contributed by atoms with Crippen molar-refractivity contribution in [1.82, 2.24) is 0 Å². The minimum absolute atomic E-state index is 0.00886. The summed E-state index contributed by atoms with van der Waals surface area (Å²) in [6.07, 6.45) is 0.0995. The first-order valence-electron chi connectivity index (χ1n) is 6.79. The van der Waals surface area contributed by atoms with Gasteiger partial charge in [0.25, 0.3) is 0 Å². The fourth-order valence-electron chi connectivity index (χ4n) is 1.88. The van der Waals surface area contributed by atoms with Crippen molar-refractivity contribution in [1.29, 1.82) is 0 Å². The number of methoxy groups -OCH3 is 1. The van der Waals surface area contributed by atoms with Gasteiger partial charge in [0.05, 0.1) is 23.2 Å². The normalized spacial score (nSPS) is 10.1. The molecule has 0 saturated carbocycles. The van der Waals surface area contributed by atoms with Crippen molar-refractivity contribution in [3.8, 4) is 5.75 Å². The van der Waals surface area contributed by atoms with Crippen LogP contribution in [0.3, 0.4) is 0 Å². The fraction of sp³-hybridized carbons (Fsp3) is 0.188. The molecule has 0 aliphatic heterocycles. The number of ether oxygens (including phenoxy) is 1. The zero-order valence-corrected chi connectivity index (χ0v) is 13.2. The molecule has 1 aromatic heterocycles. The van der Waals surface area contributed by atoms with Crippen LogP contribution in [0.15, 0.2) is 35.7 Å². The van der Waals surface area contributed by atoms with Crippen LogP contribution in [0.25, 0.3) is 0 Å². The SMILES string of the molecule is COC(=O)c1ccc(NC(=O)CCC(=O)c2cccs2)c(O)c1. The third-order valence-corrected chi connectivity index (χ3v) is 3.98. The maximum absolute atomic E-state index is 11.9. The van der Waals surface area contributed by atoms with Gasteiger partial charge >= 0.3 is 5.97 Å². The van der Waals surface area contributed by atoms with Crippen LogP contribution in [0, 0.1) is 0 Å². The lowest BCUT2D eigenvalue weighted by Crippen LogP contribution is -2.13. The monoisotopic (exact) mass is 333 g/mol. The number of benzene rings is 1. The Morgan fingerprint density at radius 2 is 2.00 bits per heavy atom. The zero-order valence-electron chi connectivity index (χ0n) is 12.4. The summed E-state index contributed by atoms with van der Waals surface area (Å²) in [5, 5.41) is 14.1. The molecule has 1 amide bonds. The van der Waals surface area contributed by atoms with E-state index in [0.29, 0.717) is 4.88 Å². The number of phenolic OH excluding ortho intramolecular Hbond substituents is 1. The Labute approximate surface area is 136 Å². The minimum atomic E-state index is -0.584. The van der Waals surface area contributed by atoms with Gasteiger partial charge in [0, 0.05) is 12.8 Å². The van der Waals surface area contributed by atoms with Gasteiger partial charge in [-0.1, -0.05) is 6.07 Å². The fourth-order valence-corrected chi connectivity index (χ4v) is 2.58. The first-order valence-corrected chi connectivity index (χ1v) is 7.67. The van der Waals surface area contributed by atoms with Gasteiger partial charge in [0.1, 0.15) is 5.75 Å². The molecule has 120 valence electrons. The summed E-state index contributed by atoms with van der Waals surface area (Å²) in [6.45, 7) is 0. The molecule has 1 aromatic carbocycles. The standard InChI is InChI=1S/C16H15NO5S/c1-22-16(21)10-4-5-11(13(19)9-10)17-15(20)7-6-12(18)14-3-2-8-23-14/h2-5,8-9,19H,6-7H2,1H3,(H,17,20). The lowest BCUT2D eigenvalue weighted by atomic mass is 10.1. The van der Waals surface area contributed by atoms with Crippen LogP contribution in [0.4, 0.5) is 5.69 Å². The first-order chi connectivity index (χ1) is 11.0. The molecule has 0 atom stereocenters. The van der Waals surface area contributed by atoms with Crippen LogP contribution in [0.2, 0.25) is 0 Å². The third-order valence-electron chi connectivity index (χ3n) is 3.07. The lowest BCUT2D eigenvalue weighted by Gasteiger charge is -2.08. The summed E-state index contributed by atoms with van der Waals surface area (Å²) >= 11 is 1.33. The van der Waals surface area contributed by atoms with Crippen molar-refractivity contribution in [2.45, 2.75) is 12.8 Å². The van der Waals surface area contributed by atoms with E-state index in [1.54, 1.807) is 17.5 Å². The van der Waals surface area contributed by atoms with E-state index in [9.17, 15) is 19.5 Å². The van der Waals surface area contributed by atoms with Crippen molar-refractivity contribution < 1.29 is 24.2 Å². The molecule has 0 radical (unpaired) electrons. The van der Waals surface area contributed by atoms with E-state index >= 15 is 0 Å². The van der Waals surface area contributed by atoms with Gasteiger partial charge in [-0.3, -0.25) is 9.59 Å². The molecule has 0 saturated heterocycles. The topological polar surface area (TPSA) is 92.7 Å². The second kappa shape index (κ2) is 7.55. The Morgan fingerprint density at radius 1 is 1.22 bits per heavy atom. The smallest absolute Gasteiger partial charge is 0.337 e. The predicted octanol–water partition coefficient (Wildman–Crippen LogP) is 2.84. The van der Waals surface area contributed by atoms with Gasteiger partial charge in [-0.25, -0.2) is 4.79 Å². The third kappa shape index (κ3) is 4.40. The Kier molecular flexibility index (Phi) is 5.48. The van der Waals surface area contributed by atoms with Gasteiger partial charge in [-0.05, 0) is 29.6 Å². The molecule has 0 aliphatic rings. The number of ketones is 1. The van der Waals surface area contributed by atoms with Crippen LogP contribution < -0.4 is 5.32 Å². The Bertz CT molecular complexity index is 724. The van der Waals surface area contributed by atoms with Crippen molar-refractivity contribution in [2.24, 2.45) is 0 Å². The quantitative estimate of drug-likeness (QED) is 0.482. The largest absolute Gasteiger partial charge is 0.506 e. The summed E-state index contributed by atoms with van der Waals surface area (Å²) in [6, 6.07) is 7.53. The Balaban J connectivity index is 1.92. The molecule has 0 aliphatic carbocycles. The van der Waals surface area contributed by atoms with Crippen molar-refractivity contribution in [3.05, 3.63) is 46.2 Å². The number of hydrogen-bond acceptors (Lipinski definition) is 6. The number of Topliss-reactive ketones (excluding diaryl/α,β-unsaturated/α-hetero) is 1. The number of nitrogens with one attached hydrogen (secondary N) is 1. The minimum Gasteiger partial charge on any atom is -0.506 e. The highest BCUT2D eigenvalue weighted by atomic mass is 32.1. The summed E-state index contributed by atoms with van der Waals surface area (Å²) in [4.78, 5) is 35.6. The molecule has 0 bridgehead atoms. The maximum Gasteiger partial charge on any atom is 0.337 e. The Morgan fingerprint density at radius 3 is 2.61 bits per heavy atom. The van der Waals surface area contributed by atoms with Gasteiger partial charge < -0.3 is 15.2 Å². The van der Waals surface area contributed by atoms with Gasteiger partial charge in [-0.15, -0.1) is 11.3 Å². The summed E-state index contributed by atoms with van der Waals surface area (Å²) in [5.74, 6) is -1.32. The number of anilines is 1. The maximum atomic E-state index is 11.9. The van der Waals surface area contributed by atoms with E-state index in [2.05, 4.69) is 10.1 Å². The molecule has 0 unspecified atom stereocenters. The molecule has 1 heterocycles. The van der Waals surface area contributed by atoms with Crippen molar-refractivity contribution in [2.75, 3.05) is 12.4 Å². The molecular formula is C16H15NO5S. The highest BCUT2D eigenvalue weighted by molar-refractivity contribution is 7.12. The molecule has 2 aromatic rings. The van der Waals surface area contributed by atoms with Crippen molar-refractivity contribution in [3.63, 3.8) is 0 Å². The highest BCUT2D eigenvalue weighted by Gasteiger charge is 2.13. The number of aromatic hydroxyl groups is 1. The number of esters is 1. The Hall–Kier alpha value is -2.67. The number of thiophene rings is 1. The van der Waals surface area contributed by atoms with Crippen LogP contribution in [0.1, 0.15) is 32.9 Å². The number of carbonyl (C=O) groups excluding carboxylic acids is 3. The van der Waals surface area contributed by atoms with Crippen LogP contribution in [0.5, 0.6) is 5.75 Å². The second-order valence-electron chi connectivity index (χ2n) is 4.67. The van der Waals surface area contributed by atoms with E-state index < -0.39 is 11.9 Å². The number of carbonyl (C=O) groups is 3. The summed E-state index contributed by atoms with van der Waals surface area (Å²) in [5.41, 5.74) is 0.349. The molecule has 7 heteroatoms. The number of amides is 1. The van der Waals surface area contributed by atoms with Gasteiger partial charge in [0.2, 0.25) is 5.91 Å². The zero-order chi connectivity index (χ0) is 16.8. The van der Waals surface area contributed by atoms with E-state index in [4.69, 9.17) is 0 Å². The molecule has 23 heavy (non-hydrogen) atoms. The predicted molar refractivity (Wildman–Crippen MR) is 86.0 cm³/mol. The number of hydrogen-bond donors (Lipinski definition) is 2. The molecule has 0 spiro atoms. The van der Waals surface area contributed by atoms with Gasteiger partial charge in [-0.2, -0.15) is 0 Å². The van der Waals surface area contributed by atoms with E-state index in [1.807, 2.05) is 0 Å². The first kappa shape index (κ1) is 16.7. The van der Waals surface area contributed by atoms with Crippen LogP contribution in [-0.4, -0.2) is 29.9 Å². The average Bonchev–Trinajstić information content (AvgIpc) is 3.08. The van der Waals surface area contributed by atoms with E-state index in [1.165, 1.54) is 36.6 Å². The second-order valence-corrected chi connectivity index (χ2v) is 5.62.